The summed E-state index contributed by atoms with van der Waals surface area (Å²) in [6, 6.07) is 4.14. The van der Waals surface area contributed by atoms with Crippen LogP contribution in [0.2, 0.25) is 5.02 Å². The van der Waals surface area contributed by atoms with Crippen LogP contribution in [0.15, 0.2) is 29.2 Å². The van der Waals surface area contributed by atoms with Crippen molar-refractivity contribution in [2.75, 3.05) is 24.3 Å². The molecule has 2 aliphatic heterocycles. The van der Waals surface area contributed by atoms with Gasteiger partial charge in [0.15, 0.2) is 6.23 Å². The van der Waals surface area contributed by atoms with Crippen molar-refractivity contribution in [1.29, 1.82) is 0 Å². The maximum atomic E-state index is 13.8. The van der Waals surface area contributed by atoms with Crippen molar-refractivity contribution >= 4 is 27.4 Å². The number of ether oxygens (including phenoxy) is 1. The summed E-state index contributed by atoms with van der Waals surface area (Å²) in [6.45, 7) is 1.52. The van der Waals surface area contributed by atoms with Crippen LogP contribution in [-0.2, 0) is 45.2 Å². The van der Waals surface area contributed by atoms with Gasteiger partial charge in [0.1, 0.15) is 16.5 Å². The summed E-state index contributed by atoms with van der Waals surface area (Å²) in [5.74, 6) is -0.491. The molecule has 1 unspecified atom stereocenters. The Morgan fingerprint density at radius 1 is 1.27 bits per heavy atom. The third kappa shape index (κ3) is 5.69. The van der Waals surface area contributed by atoms with E-state index in [1.54, 1.807) is 16.9 Å². The van der Waals surface area contributed by atoms with E-state index in [0.29, 0.717) is 42.9 Å². The van der Waals surface area contributed by atoms with Crippen LogP contribution in [0, 0.1) is 5.82 Å². The van der Waals surface area contributed by atoms with E-state index in [4.69, 9.17) is 20.5 Å². The highest BCUT2D eigenvalue weighted by Gasteiger charge is 2.27. The second-order valence-electron chi connectivity index (χ2n) is 9.11. The van der Waals surface area contributed by atoms with E-state index in [0.717, 1.165) is 36.9 Å². The van der Waals surface area contributed by atoms with Gasteiger partial charge in [-0.15, -0.1) is 5.10 Å². The number of hydrogen-bond acceptors (Lipinski definition) is 9. The fraction of sp³-hybridized carbons (Fsp3) is 0.478. The molecule has 0 radical (unpaired) electrons. The number of benzene rings is 1. The van der Waals surface area contributed by atoms with Gasteiger partial charge in [-0.3, -0.25) is 8.98 Å². The van der Waals surface area contributed by atoms with E-state index in [2.05, 4.69) is 15.4 Å². The molecule has 1 aromatic carbocycles. The first kappa shape index (κ1) is 25.8. The SMILES string of the molecule is CS(=O)(=O)OCc1cc(F)ccc1Cn1nnc2c1CCN(c1cnn(C3CCCCO3)c(=O)c1Cl)C2. The van der Waals surface area contributed by atoms with Crippen molar-refractivity contribution in [1.82, 2.24) is 24.8 Å². The van der Waals surface area contributed by atoms with Crippen LogP contribution >= 0.6 is 11.6 Å². The number of aromatic nitrogens is 5. The van der Waals surface area contributed by atoms with Crippen molar-refractivity contribution in [2.24, 2.45) is 0 Å². The van der Waals surface area contributed by atoms with Gasteiger partial charge in [0.2, 0.25) is 0 Å². The van der Waals surface area contributed by atoms with Gasteiger partial charge >= 0.3 is 0 Å². The normalized spacial score (nSPS) is 18.1. The molecule has 0 aliphatic carbocycles. The zero-order valence-electron chi connectivity index (χ0n) is 20.1. The van der Waals surface area contributed by atoms with Crippen LogP contribution in [0.5, 0.6) is 0 Å². The summed E-state index contributed by atoms with van der Waals surface area (Å²) < 4.78 is 50.2. The molecule has 2 aliphatic rings. The van der Waals surface area contributed by atoms with Crippen LogP contribution in [0.1, 0.15) is 48.0 Å². The fourth-order valence-electron chi connectivity index (χ4n) is 4.59. The van der Waals surface area contributed by atoms with E-state index in [-0.39, 0.29) is 23.7 Å². The predicted molar refractivity (Wildman–Crippen MR) is 132 cm³/mol. The summed E-state index contributed by atoms with van der Waals surface area (Å²) in [7, 11) is -3.69. The minimum atomic E-state index is -3.69. The van der Waals surface area contributed by atoms with Gasteiger partial charge in [-0.05, 0) is 42.5 Å². The highest BCUT2D eigenvalue weighted by atomic mass is 35.5. The van der Waals surface area contributed by atoms with Gasteiger partial charge in [-0.2, -0.15) is 18.2 Å². The molecule has 4 heterocycles. The minimum absolute atomic E-state index is 0.0850. The van der Waals surface area contributed by atoms with Crippen LogP contribution in [0.25, 0.3) is 0 Å². The smallest absolute Gasteiger partial charge is 0.290 e. The van der Waals surface area contributed by atoms with Crippen molar-refractivity contribution in [3.8, 4) is 0 Å². The number of rotatable bonds is 7. The van der Waals surface area contributed by atoms with Gasteiger partial charge in [0.05, 0.1) is 43.5 Å². The first-order valence-electron chi connectivity index (χ1n) is 11.9. The molecule has 1 saturated heterocycles. The second-order valence-corrected chi connectivity index (χ2v) is 11.1. The third-order valence-electron chi connectivity index (χ3n) is 6.49. The molecule has 1 fully saturated rings. The van der Waals surface area contributed by atoms with Crippen molar-refractivity contribution in [3.05, 3.63) is 68.1 Å². The molecule has 0 spiro atoms. The molecule has 37 heavy (non-hydrogen) atoms. The summed E-state index contributed by atoms with van der Waals surface area (Å²) in [5.41, 5.74) is 2.83. The zero-order valence-corrected chi connectivity index (χ0v) is 21.7. The topological polar surface area (TPSA) is 121 Å². The Kier molecular flexibility index (Phi) is 7.30. The molecule has 0 bridgehead atoms. The monoisotopic (exact) mass is 552 g/mol. The van der Waals surface area contributed by atoms with E-state index >= 15 is 0 Å². The Morgan fingerprint density at radius 2 is 2.11 bits per heavy atom. The molecule has 1 atom stereocenters. The standard InChI is InChI=1S/C23H26ClFN6O5S/c1-37(33,34)36-14-16-10-17(25)6-5-15(16)12-30-19-7-8-29(13-18(19)27-28-30)20-11-26-31(23(32)22(20)24)21-4-2-3-9-35-21/h5-6,10-11,21H,2-4,7-9,12-14H2,1H3. The summed E-state index contributed by atoms with van der Waals surface area (Å²) in [5, 5.41) is 13.0. The van der Waals surface area contributed by atoms with Crippen LogP contribution < -0.4 is 10.5 Å². The largest absolute Gasteiger partial charge is 0.362 e. The first-order chi connectivity index (χ1) is 17.7. The quantitative estimate of drug-likeness (QED) is 0.407. The number of hydrogen-bond donors (Lipinski definition) is 0. The highest BCUT2D eigenvalue weighted by Crippen LogP contribution is 2.29. The molecule has 0 amide bonds. The van der Waals surface area contributed by atoms with Crippen molar-refractivity contribution < 1.29 is 21.7 Å². The Balaban J connectivity index is 1.34. The summed E-state index contributed by atoms with van der Waals surface area (Å²) in [6.07, 6.45) is 5.35. The average molecular weight is 553 g/mol. The lowest BCUT2D eigenvalue weighted by atomic mass is 10.1. The highest BCUT2D eigenvalue weighted by molar-refractivity contribution is 7.85. The second kappa shape index (κ2) is 10.5. The van der Waals surface area contributed by atoms with E-state index in [1.807, 2.05) is 4.90 Å². The lowest BCUT2D eigenvalue weighted by molar-refractivity contribution is -0.0424. The molecular formula is C23H26ClFN6O5S. The number of nitrogens with zero attached hydrogens (tertiary/aromatic N) is 6. The molecule has 2 aromatic heterocycles. The van der Waals surface area contributed by atoms with Crippen LogP contribution in [0.3, 0.4) is 0 Å². The lowest BCUT2D eigenvalue weighted by Gasteiger charge is -2.29. The molecule has 3 aromatic rings. The van der Waals surface area contributed by atoms with Crippen LogP contribution in [0.4, 0.5) is 10.1 Å². The van der Waals surface area contributed by atoms with E-state index in [9.17, 15) is 17.6 Å². The molecule has 198 valence electrons. The van der Waals surface area contributed by atoms with Crippen LogP contribution in [-0.4, -0.2) is 52.6 Å². The summed E-state index contributed by atoms with van der Waals surface area (Å²) >= 11 is 6.49. The first-order valence-corrected chi connectivity index (χ1v) is 14.1. The predicted octanol–water partition coefficient (Wildman–Crippen LogP) is 2.41. The molecule has 0 N–H and O–H groups in total. The molecule has 14 heteroatoms. The van der Waals surface area contributed by atoms with Gasteiger partial charge in [0, 0.05) is 19.6 Å². The van der Waals surface area contributed by atoms with E-state index in [1.165, 1.54) is 16.8 Å². The van der Waals surface area contributed by atoms with Gasteiger partial charge in [-0.25, -0.2) is 9.07 Å². The molecular weight excluding hydrogens is 527 g/mol. The Morgan fingerprint density at radius 3 is 2.86 bits per heavy atom. The maximum Gasteiger partial charge on any atom is 0.290 e. The summed E-state index contributed by atoms with van der Waals surface area (Å²) in [4.78, 5) is 14.8. The Bertz CT molecular complexity index is 1470. The molecule has 5 rings (SSSR count). The maximum absolute atomic E-state index is 13.8. The third-order valence-corrected chi connectivity index (χ3v) is 7.39. The minimum Gasteiger partial charge on any atom is -0.362 e. The molecule has 0 saturated carbocycles. The number of fused-ring (bicyclic) bond motifs is 1. The van der Waals surface area contributed by atoms with Gasteiger partial charge in [-0.1, -0.05) is 22.9 Å². The average Bonchev–Trinajstić information content (AvgIpc) is 3.27. The zero-order chi connectivity index (χ0) is 26.2. The van der Waals surface area contributed by atoms with Crippen molar-refractivity contribution in [3.63, 3.8) is 0 Å². The Labute approximate surface area is 217 Å². The number of anilines is 1. The Hall–Kier alpha value is -2.87. The number of halogens is 2. The molecule has 11 nitrogen and oxygen atoms in total. The van der Waals surface area contributed by atoms with Gasteiger partial charge < -0.3 is 9.64 Å². The van der Waals surface area contributed by atoms with Gasteiger partial charge in [0.25, 0.3) is 15.7 Å². The van der Waals surface area contributed by atoms with E-state index < -0.39 is 22.2 Å². The lowest BCUT2D eigenvalue weighted by Crippen LogP contribution is -2.36. The fourth-order valence-corrected chi connectivity index (χ4v) is 5.19. The van der Waals surface area contributed by atoms with Crippen molar-refractivity contribution in [2.45, 2.75) is 51.6 Å².